The number of nitrogens with one attached hydrogen (secondary N) is 1. The molecular weight excluding hydrogens is 262 g/mol. The van der Waals surface area contributed by atoms with Crippen molar-refractivity contribution in [1.29, 1.82) is 0 Å². The first-order chi connectivity index (χ1) is 9.24. The first-order valence-corrected chi connectivity index (χ1v) is 7.23. The highest BCUT2D eigenvalue weighted by Crippen LogP contribution is 2.31. The number of hydrogen-bond acceptors (Lipinski definition) is 3. The van der Waals surface area contributed by atoms with Crippen LogP contribution in [0.4, 0.5) is 0 Å². The van der Waals surface area contributed by atoms with Crippen LogP contribution in [0.3, 0.4) is 0 Å². The van der Waals surface area contributed by atoms with Gasteiger partial charge in [-0.3, -0.25) is 9.78 Å². The molecule has 0 aromatic carbocycles. The predicted molar refractivity (Wildman–Crippen MR) is 74.3 cm³/mol. The van der Waals surface area contributed by atoms with E-state index in [0.717, 1.165) is 19.1 Å². The smallest absolute Gasteiger partial charge is 0.252 e. The van der Waals surface area contributed by atoms with Gasteiger partial charge in [-0.05, 0) is 37.8 Å². The molecule has 1 aromatic heterocycles. The average molecular weight is 280 g/mol. The summed E-state index contributed by atoms with van der Waals surface area (Å²) in [6.45, 7) is 3.04. The van der Waals surface area contributed by atoms with Gasteiger partial charge in [-0.15, -0.1) is 0 Å². The van der Waals surface area contributed by atoms with Crippen molar-refractivity contribution >= 4 is 17.5 Å². The molecule has 2 heterocycles. The lowest BCUT2D eigenvalue weighted by Gasteiger charge is -2.15. The van der Waals surface area contributed by atoms with Crippen molar-refractivity contribution in [3.8, 4) is 0 Å². The maximum Gasteiger partial charge on any atom is 0.252 e. The Balaban J connectivity index is 1.50. The van der Waals surface area contributed by atoms with Crippen LogP contribution < -0.4 is 5.32 Å². The average Bonchev–Trinajstić information content (AvgIpc) is 3.16. The monoisotopic (exact) mass is 279 g/mol. The van der Waals surface area contributed by atoms with E-state index >= 15 is 0 Å². The van der Waals surface area contributed by atoms with Gasteiger partial charge in [0.2, 0.25) is 0 Å². The molecule has 3 rings (SSSR count). The Hall–Kier alpha value is -1.13. The minimum Gasteiger partial charge on any atom is -0.352 e. The fraction of sp³-hybridized carbons (Fsp3) is 0.571. The number of amides is 1. The van der Waals surface area contributed by atoms with E-state index in [-0.39, 0.29) is 5.91 Å². The van der Waals surface area contributed by atoms with Crippen molar-refractivity contribution in [2.45, 2.75) is 25.3 Å². The van der Waals surface area contributed by atoms with Crippen molar-refractivity contribution in [2.24, 2.45) is 5.92 Å². The minimum absolute atomic E-state index is 0.0997. The number of hydrogen-bond donors (Lipinski definition) is 1. The lowest BCUT2D eigenvalue weighted by molar-refractivity contribution is 0.0947. The fourth-order valence-electron chi connectivity index (χ4n) is 2.69. The van der Waals surface area contributed by atoms with Crippen molar-refractivity contribution < 1.29 is 4.79 Å². The summed E-state index contributed by atoms with van der Waals surface area (Å²) in [6, 6.07) is 2.48. The molecule has 102 valence electrons. The second kappa shape index (κ2) is 5.47. The molecule has 2 fully saturated rings. The number of pyridine rings is 1. The van der Waals surface area contributed by atoms with Crippen LogP contribution in [-0.4, -0.2) is 41.5 Å². The Morgan fingerprint density at radius 3 is 3.05 bits per heavy atom. The fourth-order valence-corrected chi connectivity index (χ4v) is 2.90. The summed E-state index contributed by atoms with van der Waals surface area (Å²) in [7, 11) is 0. The molecular formula is C14H18ClN3O. The molecule has 1 amide bonds. The first kappa shape index (κ1) is 12.9. The first-order valence-electron chi connectivity index (χ1n) is 6.86. The number of carbonyl (C=O) groups excluding carboxylic acids is 1. The maximum absolute atomic E-state index is 12.0. The summed E-state index contributed by atoms with van der Waals surface area (Å²) in [5, 5.41) is 3.39. The van der Waals surface area contributed by atoms with Gasteiger partial charge in [-0.1, -0.05) is 11.6 Å². The molecule has 0 radical (unpaired) electrons. The normalized spacial score (nSPS) is 23.5. The van der Waals surface area contributed by atoms with E-state index in [2.05, 4.69) is 15.2 Å². The van der Waals surface area contributed by atoms with Gasteiger partial charge in [0.05, 0.1) is 10.6 Å². The highest BCUT2D eigenvalue weighted by Gasteiger charge is 2.34. The third kappa shape index (κ3) is 3.07. The summed E-state index contributed by atoms with van der Waals surface area (Å²) < 4.78 is 0. The summed E-state index contributed by atoms with van der Waals surface area (Å²) in [6.07, 6.45) is 6.98. The highest BCUT2D eigenvalue weighted by atomic mass is 35.5. The van der Waals surface area contributed by atoms with E-state index < -0.39 is 0 Å². The van der Waals surface area contributed by atoms with Crippen LogP contribution in [0.15, 0.2) is 18.5 Å². The molecule has 1 N–H and O–H groups in total. The third-order valence-electron chi connectivity index (χ3n) is 3.95. The minimum atomic E-state index is -0.0997. The summed E-state index contributed by atoms with van der Waals surface area (Å²) >= 11 is 5.96. The third-order valence-corrected chi connectivity index (χ3v) is 4.25. The molecule has 5 heteroatoms. The molecule has 1 aromatic rings. The number of rotatable bonds is 4. The maximum atomic E-state index is 12.0. The number of halogens is 1. The topological polar surface area (TPSA) is 45.2 Å². The number of aromatic nitrogens is 1. The van der Waals surface area contributed by atoms with E-state index in [0.29, 0.717) is 16.5 Å². The van der Waals surface area contributed by atoms with Gasteiger partial charge in [-0.2, -0.15) is 0 Å². The van der Waals surface area contributed by atoms with Gasteiger partial charge >= 0.3 is 0 Å². The van der Waals surface area contributed by atoms with Crippen LogP contribution >= 0.6 is 11.6 Å². The summed E-state index contributed by atoms with van der Waals surface area (Å²) in [5.41, 5.74) is 0.508. The van der Waals surface area contributed by atoms with E-state index in [1.54, 1.807) is 12.3 Å². The summed E-state index contributed by atoms with van der Waals surface area (Å²) in [4.78, 5) is 18.4. The molecule has 1 unspecified atom stereocenters. The standard InChI is InChI=1S/C14H18ClN3O/c15-13-8-16-5-3-12(13)14(19)17-7-10-4-6-18(9-10)11-1-2-11/h3,5,8,10-11H,1-2,4,6-7,9H2,(H,17,19). The van der Waals surface area contributed by atoms with Crippen LogP contribution in [0.2, 0.25) is 5.02 Å². The zero-order valence-corrected chi connectivity index (χ0v) is 11.6. The Morgan fingerprint density at radius 2 is 2.32 bits per heavy atom. The number of carbonyl (C=O) groups is 1. The summed E-state index contributed by atoms with van der Waals surface area (Å²) in [5.74, 6) is 0.474. The Labute approximate surface area is 118 Å². The van der Waals surface area contributed by atoms with Crippen molar-refractivity contribution in [3.05, 3.63) is 29.0 Å². The van der Waals surface area contributed by atoms with Gasteiger partial charge < -0.3 is 10.2 Å². The largest absolute Gasteiger partial charge is 0.352 e. The molecule has 0 bridgehead atoms. The SMILES string of the molecule is O=C(NCC1CCN(C2CC2)C1)c1ccncc1Cl. The van der Waals surface area contributed by atoms with E-state index in [1.165, 1.54) is 32.0 Å². The Morgan fingerprint density at radius 1 is 1.47 bits per heavy atom. The molecule has 1 aliphatic carbocycles. The predicted octanol–water partition coefficient (Wildman–Crippen LogP) is 1.95. The molecule has 19 heavy (non-hydrogen) atoms. The lowest BCUT2D eigenvalue weighted by atomic mass is 10.1. The van der Waals surface area contributed by atoms with E-state index in [1.807, 2.05) is 0 Å². The zero-order chi connectivity index (χ0) is 13.2. The highest BCUT2D eigenvalue weighted by molar-refractivity contribution is 6.33. The van der Waals surface area contributed by atoms with E-state index in [9.17, 15) is 4.79 Å². The van der Waals surface area contributed by atoms with Gasteiger partial charge in [-0.25, -0.2) is 0 Å². The van der Waals surface area contributed by atoms with Gasteiger partial charge in [0.25, 0.3) is 5.91 Å². The molecule has 0 spiro atoms. The Bertz CT molecular complexity index is 476. The van der Waals surface area contributed by atoms with Crippen LogP contribution in [0.25, 0.3) is 0 Å². The molecule has 2 aliphatic rings. The van der Waals surface area contributed by atoms with E-state index in [4.69, 9.17) is 11.6 Å². The zero-order valence-electron chi connectivity index (χ0n) is 10.8. The van der Waals surface area contributed by atoms with Crippen LogP contribution in [0.5, 0.6) is 0 Å². The lowest BCUT2D eigenvalue weighted by Crippen LogP contribution is -2.31. The van der Waals surface area contributed by atoms with Crippen LogP contribution in [0.1, 0.15) is 29.6 Å². The second-order valence-corrected chi connectivity index (χ2v) is 5.85. The number of nitrogens with zero attached hydrogens (tertiary/aromatic N) is 2. The van der Waals surface area contributed by atoms with Gasteiger partial charge in [0.1, 0.15) is 0 Å². The Kier molecular flexibility index (Phi) is 3.71. The van der Waals surface area contributed by atoms with Crippen molar-refractivity contribution in [3.63, 3.8) is 0 Å². The quantitative estimate of drug-likeness (QED) is 0.916. The second-order valence-electron chi connectivity index (χ2n) is 5.45. The molecule has 1 saturated carbocycles. The molecule has 1 aliphatic heterocycles. The molecule has 4 nitrogen and oxygen atoms in total. The number of likely N-dealkylation sites (tertiary alicyclic amines) is 1. The molecule has 1 atom stereocenters. The van der Waals surface area contributed by atoms with Crippen LogP contribution in [0, 0.1) is 5.92 Å². The van der Waals surface area contributed by atoms with Crippen molar-refractivity contribution in [1.82, 2.24) is 15.2 Å². The van der Waals surface area contributed by atoms with Gasteiger partial charge in [0, 0.05) is 31.5 Å². The molecule has 1 saturated heterocycles. The van der Waals surface area contributed by atoms with Gasteiger partial charge in [0.15, 0.2) is 0 Å². The van der Waals surface area contributed by atoms with Crippen molar-refractivity contribution in [2.75, 3.05) is 19.6 Å². The van der Waals surface area contributed by atoms with Crippen LogP contribution in [-0.2, 0) is 0 Å².